The van der Waals surface area contributed by atoms with E-state index >= 15 is 0 Å². The number of benzene rings is 7. The summed E-state index contributed by atoms with van der Waals surface area (Å²) in [4.78, 5) is 11.9. The molecule has 49 heavy (non-hydrogen) atoms. The summed E-state index contributed by atoms with van der Waals surface area (Å²) in [5.41, 5.74) is 7.62. The van der Waals surface area contributed by atoms with Gasteiger partial charge in [-0.1, -0.05) is 96.5 Å². The topological polar surface area (TPSA) is 53.0 Å². The lowest BCUT2D eigenvalue weighted by molar-refractivity contribution is -0.384. The van der Waals surface area contributed by atoms with Crippen LogP contribution in [0.5, 0.6) is 0 Å². The standard InChI is InChI=1S/C43H32ClN3O2/c1-3-45-39-19-11-9-15-29(39)35-24-33(27-13-5-7-17-31(27)42(35)45)41(37-23-26(47(48)49)21-22-38(37)44)34-25-36-30-16-10-12-20-40(30)46(4-2)43(36)32-18-8-6-14-28(32)34/h5-25,41H,3-4H2,1-2H3. The molecule has 0 N–H and O–H groups in total. The summed E-state index contributed by atoms with van der Waals surface area (Å²) in [6, 6.07) is 43.8. The molecule has 7 aromatic carbocycles. The molecule has 0 bridgehead atoms. The largest absolute Gasteiger partial charge is 0.340 e. The monoisotopic (exact) mass is 657 g/mol. The normalized spacial score (nSPS) is 12.1. The second-order valence-corrected chi connectivity index (χ2v) is 13.1. The number of halogens is 1. The highest BCUT2D eigenvalue weighted by atomic mass is 35.5. The number of para-hydroxylation sites is 2. The third-order valence-electron chi connectivity index (χ3n) is 10.4. The van der Waals surface area contributed by atoms with E-state index in [1.54, 1.807) is 12.1 Å². The molecular formula is C43H32ClN3O2. The fourth-order valence-corrected chi connectivity index (χ4v) is 8.61. The van der Waals surface area contributed by atoms with Gasteiger partial charge in [0.25, 0.3) is 5.69 Å². The summed E-state index contributed by atoms with van der Waals surface area (Å²) >= 11 is 7.15. The number of non-ortho nitro benzene ring substituents is 1. The Bertz CT molecular complexity index is 2650. The van der Waals surface area contributed by atoms with Crippen molar-refractivity contribution in [1.82, 2.24) is 9.13 Å². The van der Waals surface area contributed by atoms with Gasteiger partial charge in [-0.25, -0.2) is 0 Å². The van der Waals surface area contributed by atoms with Gasteiger partial charge in [0.2, 0.25) is 0 Å². The van der Waals surface area contributed by atoms with Crippen LogP contribution in [0.2, 0.25) is 5.02 Å². The Morgan fingerprint density at radius 2 is 0.980 bits per heavy atom. The van der Waals surface area contributed by atoms with Crippen molar-refractivity contribution in [2.24, 2.45) is 0 Å². The van der Waals surface area contributed by atoms with Crippen molar-refractivity contribution >= 4 is 82.4 Å². The minimum Gasteiger partial charge on any atom is -0.340 e. The van der Waals surface area contributed by atoms with E-state index < -0.39 is 5.92 Å². The Balaban J connectivity index is 1.50. The molecule has 0 atom stereocenters. The minimum atomic E-state index is -0.413. The number of aromatic nitrogens is 2. The number of fused-ring (bicyclic) bond motifs is 10. The molecule has 9 aromatic rings. The predicted molar refractivity (Wildman–Crippen MR) is 204 cm³/mol. The summed E-state index contributed by atoms with van der Waals surface area (Å²) in [7, 11) is 0. The van der Waals surface area contributed by atoms with Crippen LogP contribution in [0.15, 0.2) is 127 Å². The molecule has 6 heteroatoms. The third kappa shape index (κ3) is 4.25. The molecule has 0 aliphatic heterocycles. The van der Waals surface area contributed by atoms with Crippen LogP contribution < -0.4 is 0 Å². The molecule has 9 rings (SSSR count). The molecule has 0 aliphatic rings. The van der Waals surface area contributed by atoms with Crippen LogP contribution in [0.4, 0.5) is 5.69 Å². The third-order valence-corrected chi connectivity index (χ3v) is 10.7. The Morgan fingerprint density at radius 1 is 0.551 bits per heavy atom. The number of rotatable bonds is 6. The quantitative estimate of drug-likeness (QED) is 0.101. The maximum atomic E-state index is 12.3. The molecule has 0 unspecified atom stereocenters. The van der Waals surface area contributed by atoms with Crippen LogP contribution in [0, 0.1) is 10.1 Å². The van der Waals surface area contributed by atoms with Crippen molar-refractivity contribution in [1.29, 1.82) is 0 Å². The Labute approximate surface area is 287 Å². The molecular weight excluding hydrogens is 626 g/mol. The van der Waals surface area contributed by atoms with Gasteiger partial charge < -0.3 is 9.13 Å². The van der Waals surface area contributed by atoms with Gasteiger partial charge in [0.15, 0.2) is 0 Å². The van der Waals surface area contributed by atoms with Gasteiger partial charge >= 0.3 is 0 Å². The smallest absolute Gasteiger partial charge is 0.269 e. The average molecular weight is 658 g/mol. The minimum absolute atomic E-state index is 0.0188. The summed E-state index contributed by atoms with van der Waals surface area (Å²) in [5.74, 6) is -0.413. The van der Waals surface area contributed by atoms with Crippen LogP contribution in [-0.2, 0) is 13.1 Å². The molecule has 0 fully saturated rings. The molecule has 0 spiro atoms. The molecule has 0 amide bonds. The fraction of sp³-hybridized carbons (Fsp3) is 0.116. The number of aryl methyl sites for hydroxylation is 2. The summed E-state index contributed by atoms with van der Waals surface area (Å²) in [6.45, 7) is 6.04. The van der Waals surface area contributed by atoms with Gasteiger partial charge in [0, 0.05) is 79.5 Å². The SMILES string of the molecule is CCn1c2ccccc2c2cc(C(c3cc([N+](=O)[O-])ccc3Cl)c3cc4c5ccccc5n(CC)c4c4ccccc34)c3ccccc3c21. The zero-order valence-corrected chi connectivity index (χ0v) is 27.9. The molecule has 0 saturated carbocycles. The van der Waals surface area contributed by atoms with E-state index in [0.29, 0.717) is 10.6 Å². The van der Waals surface area contributed by atoms with Crippen molar-refractivity contribution in [3.63, 3.8) is 0 Å². The van der Waals surface area contributed by atoms with Gasteiger partial charge in [-0.3, -0.25) is 10.1 Å². The Kier molecular flexibility index (Phi) is 6.75. The van der Waals surface area contributed by atoms with Gasteiger partial charge in [-0.05, 0) is 71.6 Å². The first kappa shape index (κ1) is 29.5. The van der Waals surface area contributed by atoms with E-state index in [1.165, 1.54) is 38.9 Å². The Hall–Kier alpha value is -5.65. The fourth-order valence-electron chi connectivity index (χ4n) is 8.39. The summed E-state index contributed by atoms with van der Waals surface area (Å²) in [6.07, 6.45) is 0. The molecule has 0 saturated heterocycles. The Morgan fingerprint density at radius 3 is 1.43 bits per heavy atom. The van der Waals surface area contributed by atoms with Gasteiger partial charge in [0.05, 0.1) is 16.0 Å². The van der Waals surface area contributed by atoms with E-state index in [0.717, 1.165) is 56.5 Å². The maximum Gasteiger partial charge on any atom is 0.269 e. The van der Waals surface area contributed by atoms with Crippen LogP contribution >= 0.6 is 11.6 Å². The number of nitrogens with zero attached hydrogens (tertiary/aromatic N) is 3. The molecule has 0 radical (unpaired) electrons. The summed E-state index contributed by atoms with van der Waals surface area (Å²) in [5, 5.41) is 21.9. The lowest BCUT2D eigenvalue weighted by Gasteiger charge is -2.25. The lowest BCUT2D eigenvalue weighted by atomic mass is 9.79. The molecule has 2 heterocycles. The van der Waals surface area contributed by atoms with Gasteiger partial charge in [-0.15, -0.1) is 0 Å². The lowest BCUT2D eigenvalue weighted by Crippen LogP contribution is -2.08. The van der Waals surface area contributed by atoms with Gasteiger partial charge in [-0.2, -0.15) is 0 Å². The number of nitro groups is 1. The van der Waals surface area contributed by atoms with Gasteiger partial charge in [0.1, 0.15) is 0 Å². The second-order valence-electron chi connectivity index (χ2n) is 12.7. The van der Waals surface area contributed by atoms with Crippen molar-refractivity contribution in [3.8, 4) is 0 Å². The van der Waals surface area contributed by atoms with Crippen LogP contribution in [-0.4, -0.2) is 14.1 Å². The zero-order chi connectivity index (χ0) is 33.4. The molecule has 238 valence electrons. The van der Waals surface area contributed by atoms with E-state index in [-0.39, 0.29) is 10.6 Å². The van der Waals surface area contributed by atoms with Crippen molar-refractivity contribution in [2.75, 3.05) is 0 Å². The van der Waals surface area contributed by atoms with E-state index in [2.05, 4.69) is 132 Å². The van der Waals surface area contributed by atoms with Crippen molar-refractivity contribution in [3.05, 3.63) is 159 Å². The first-order valence-corrected chi connectivity index (χ1v) is 17.2. The highest BCUT2D eigenvalue weighted by Crippen LogP contribution is 2.48. The number of hydrogen-bond donors (Lipinski definition) is 0. The van der Waals surface area contributed by atoms with E-state index in [9.17, 15) is 10.1 Å². The average Bonchev–Trinajstić information content (AvgIpc) is 3.64. The molecule has 2 aromatic heterocycles. The number of nitro benzene ring substituents is 1. The summed E-state index contributed by atoms with van der Waals surface area (Å²) < 4.78 is 4.79. The van der Waals surface area contributed by atoms with E-state index in [4.69, 9.17) is 11.6 Å². The van der Waals surface area contributed by atoms with Crippen LogP contribution in [0.1, 0.15) is 36.5 Å². The van der Waals surface area contributed by atoms with Crippen molar-refractivity contribution < 1.29 is 4.92 Å². The van der Waals surface area contributed by atoms with Crippen LogP contribution in [0.3, 0.4) is 0 Å². The highest BCUT2D eigenvalue weighted by molar-refractivity contribution is 6.31. The maximum absolute atomic E-state index is 12.3. The highest BCUT2D eigenvalue weighted by Gasteiger charge is 2.29. The molecule has 0 aliphatic carbocycles. The van der Waals surface area contributed by atoms with Crippen molar-refractivity contribution in [2.45, 2.75) is 32.9 Å². The number of hydrogen-bond acceptors (Lipinski definition) is 2. The first-order valence-electron chi connectivity index (χ1n) is 16.8. The molecule has 5 nitrogen and oxygen atoms in total. The predicted octanol–water partition coefficient (Wildman–Crippen LogP) is 12.0. The second kappa shape index (κ2) is 11.2. The first-order chi connectivity index (χ1) is 24.0. The zero-order valence-electron chi connectivity index (χ0n) is 27.2. The van der Waals surface area contributed by atoms with E-state index in [1.807, 2.05) is 0 Å². The van der Waals surface area contributed by atoms with Crippen LogP contribution in [0.25, 0.3) is 65.2 Å².